The first-order chi connectivity index (χ1) is 12.2. The zero-order valence-electron chi connectivity index (χ0n) is 16.7. The van der Waals surface area contributed by atoms with Crippen molar-refractivity contribution in [3.05, 3.63) is 24.2 Å². The lowest BCUT2D eigenvalue weighted by Crippen LogP contribution is -2.17. The van der Waals surface area contributed by atoms with Crippen LogP contribution in [0.4, 0.5) is 0 Å². The van der Waals surface area contributed by atoms with Crippen molar-refractivity contribution in [1.29, 1.82) is 0 Å². The van der Waals surface area contributed by atoms with Gasteiger partial charge in [0.05, 0.1) is 24.0 Å². The minimum atomic E-state index is -1.05. The van der Waals surface area contributed by atoms with E-state index in [9.17, 15) is 0 Å². The molecular formula is C21H37N3P+. The molecule has 25 heavy (non-hydrogen) atoms. The molecule has 140 valence electrons. The summed E-state index contributed by atoms with van der Waals surface area (Å²) in [5.74, 6) is 1.22. The maximum atomic E-state index is 4.94. The number of nitrogens with zero attached hydrogens (tertiary/aromatic N) is 2. The normalized spacial score (nSPS) is 13.4. The monoisotopic (exact) mass is 362 g/mol. The molecule has 1 atom stereocenters. The van der Waals surface area contributed by atoms with Crippen LogP contribution in [-0.2, 0) is 0 Å². The minimum absolute atomic E-state index is 0.617. The summed E-state index contributed by atoms with van der Waals surface area (Å²) in [5, 5.41) is 0. The van der Waals surface area contributed by atoms with Gasteiger partial charge in [-0.15, -0.1) is 0 Å². The Balaban J connectivity index is 2.40. The fourth-order valence-corrected chi connectivity index (χ4v) is 9.94. The van der Waals surface area contributed by atoms with Crippen molar-refractivity contribution in [2.24, 2.45) is 0 Å². The van der Waals surface area contributed by atoms with E-state index in [-0.39, 0.29) is 0 Å². The topological polar surface area (TPSA) is 41.6 Å². The molecule has 2 aromatic heterocycles. The summed E-state index contributed by atoms with van der Waals surface area (Å²) in [4.78, 5) is 13.0. The van der Waals surface area contributed by atoms with Crippen LogP contribution in [0.3, 0.4) is 0 Å². The molecule has 4 heteroatoms. The van der Waals surface area contributed by atoms with Gasteiger partial charge in [-0.25, -0.2) is 9.97 Å². The number of aromatic nitrogens is 3. The predicted molar refractivity (Wildman–Crippen MR) is 113 cm³/mol. The number of hydrogen-bond acceptors (Lipinski definition) is 2. The van der Waals surface area contributed by atoms with Gasteiger partial charge in [-0.3, -0.25) is 0 Å². The lowest BCUT2D eigenvalue weighted by molar-refractivity contribution is 0.763. The van der Waals surface area contributed by atoms with Crippen LogP contribution in [0.1, 0.15) is 84.1 Å². The number of pyridine rings is 1. The summed E-state index contributed by atoms with van der Waals surface area (Å²) < 4.78 is 0. The van der Waals surface area contributed by atoms with Gasteiger partial charge in [0.2, 0.25) is 0 Å². The molecule has 3 nitrogen and oxygen atoms in total. The van der Waals surface area contributed by atoms with Crippen LogP contribution >= 0.6 is 7.26 Å². The van der Waals surface area contributed by atoms with Crippen LogP contribution in [0.15, 0.2) is 18.3 Å². The molecular weight excluding hydrogens is 325 g/mol. The van der Waals surface area contributed by atoms with Crippen LogP contribution in [-0.4, -0.2) is 33.4 Å². The van der Waals surface area contributed by atoms with Crippen molar-refractivity contribution >= 4 is 18.4 Å². The summed E-state index contributed by atoms with van der Waals surface area (Å²) in [5.41, 5.74) is 2.59. The average Bonchev–Trinajstić information content (AvgIpc) is 3.06. The van der Waals surface area contributed by atoms with Crippen LogP contribution in [0.2, 0.25) is 0 Å². The van der Waals surface area contributed by atoms with Crippen LogP contribution in [0.25, 0.3) is 11.2 Å². The molecule has 0 aliphatic rings. The Morgan fingerprint density at radius 1 is 0.960 bits per heavy atom. The first kappa shape index (κ1) is 20.4. The number of fused-ring (bicyclic) bond motifs is 1. The standard InChI is InChI=1S/C21H37N3P/c1-5-9-15-25(16-10-6-2,17-11-7-3)19(8-4)21-23-18-13-12-14-22-20(18)24-21/h12-14,19H,5-11,15-17H2,1-4H3,(H,22,23,24)/q+1. The molecule has 0 fully saturated rings. The van der Waals surface area contributed by atoms with Gasteiger partial charge in [0.25, 0.3) is 0 Å². The number of rotatable bonds is 12. The van der Waals surface area contributed by atoms with Gasteiger partial charge in [-0.2, -0.15) is 0 Å². The second-order valence-electron chi connectivity index (χ2n) is 7.37. The van der Waals surface area contributed by atoms with E-state index in [0.717, 1.165) is 11.2 Å². The minimum Gasteiger partial charge on any atom is -0.337 e. The zero-order chi connectivity index (χ0) is 18.1. The van der Waals surface area contributed by atoms with E-state index in [1.54, 1.807) is 0 Å². The van der Waals surface area contributed by atoms with E-state index in [0.29, 0.717) is 5.66 Å². The highest BCUT2D eigenvalue weighted by Gasteiger charge is 2.45. The number of unbranched alkanes of at least 4 members (excludes halogenated alkanes) is 3. The smallest absolute Gasteiger partial charge is 0.177 e. The molecule has 2 aromatic rings. The highest BCUT2D eigenvalue weighted by Crippen LogP contribution is 2.71. The molecule has 0 amide bonds. The molecule has 0 aliphatic heterocycles. The van der Waals surface area contributed by atoms with E-state index >= 15 is 0 Å². The SMILES string of the molecule is CCCC[P+](CCCC)(CCCC)C(CC)c1nc2ncccc2[nH]1. The number of hydrogen-bond donors (Lipinski definition) is 1. The molecule has 2 rings (SSSR count). The van der Waals surface area contributed by atoms with Gasteiger partial charge in [-0.05, 0) is 37.8 Å². The Bertz CT molecular complexity index is 568. The number of H-pyrrole nitrogens is 1. The third kappa shape index (κ3) is 5.03. The van der Waals surface area contributed by atoms with E-state index in [1.807, 2.05) is 12.3 Å². The van der Waals surface area contributed by atoms with E-state index in [1.165, 1.54) is 69.3 Å². The lowest BCUT2D eigenvalue weighted by atomic mass is 10.3. The molecule has 0 radical (unpaired) electrons. The Hall–Kier alpha value is -0.950. The zero-order valence-corrected chi connectivity index (χ0v) is 17.6. The van der Waals surface area contributed by atoms with Crippen LogP contribution < -0.4 is 0 Å². The van der Waals surface area contributed by atoms with Gasteiger partial charge < -0.3 is 4.98 Å². The maximum Gasteiger partial charge on any atom is 0.177 e. The first-order valence-electron chi connectivity index (χ1n) is 10.4. The molecule has 0 aromatic carbocycles. The van der Waals surface area contributed by atoms with Crippen molar-refractivity contribution < 1.29 is 0 Å². The summed E-state index contributed by atoms with van der Waals surface area (Å²) in [7, 11) is -1.05. The van der Waals surface area contributed by atoms with Crippen molar-refractivity contribution in [1.82, 2.24) is 15.0 Å². The Morgan fingerprint density at radius 2 is 1.56 bits per heavy atom. The predicted octanol–water partition coefficient (Wildman–Crippen LogP) is 6.83. The van der Waals surface area contributed by atoms with Gasteiger partial charge in [0.15, 0.2) is 5.65 Å². The Morgan fingerprint density at radius 3 is 2.04 bits per heavy atom. The quantitative estimate of drug-likeness (QED) is 0.421. The van der Waals surface area contributed by atoms with Crippen molar-refractivity contribution in [2.75, 3.05) is 18.5 Å². The molecule has 0 spiro atoms. The molecule has 0 bridgehead atoms. The molecule has 1 N–H and O–H groups in total. The van der Waals surface area contributed by atoms with Crippen LogP contribution in [0.5, 0.6) is 0 Å². The van der Waals surface area contributed by atoms with Gasteiger partial charge >= 0.3 is 0 Å². The summed E-state index contributed by atoms with van der Waals surface area (Å²) >= 11 is 0. The third-order valence-electron chi connectivity index (χ3n) is 5.51. The summed E-state index contributed by atoms with van der Waals surface area (Å²) in [6.45, 7) is 9.37. The van der Waals surface area contributed by atoms with Gasteiger partial charge in [0.1, 0.15) is 11.5 Å². The number of imidazole rings is 1. The van der Waals surface area contributed by atoms with Crippen molar-refractivity contribution in [2.45, 2.75) is 78.3 Å². The van der Waals surface area contributed by atoms with Crippen molar-refractivity contribution in [3.8, 4) is 0 Å². The fraction of sp³-hybridized carbons (Fsp3) is 0.714. The molecule has 0 saturated carbocycles. The number of aromatic amines is 1. The average molecular weight is 363 g/mol. The Kier molecular flexibility index (Phi) is 8.36. The van der Waals surface area contributed by atoms with E-state index < -0.39 is 7.26 Å². The highest BCUT2D eigenvalue weighted by atomic mass is 31.2. The van der Waals surface area contributed by atoms with E-state index in [4.69, 9.17) is 4.98 Å². The summed E-state index contributed by atoms with van der Waals surface area (Å²) in [6.07, 6.45) is 15.4. The lowest BCUT2D eigenvalue weighted by Gasteiger charge is -2.34. The van der Waals surface area contributed by atoms with Crippen LogP contribution in [0, 0.1) is 0 Å². The molecule has 0 aliphatic carbocycles. The third-order valence-corrected chi connectivity index (χ3v) is 11.1. The first-order valence-corrected chi connectivity index (χ1v) is 12.8. The second-order valence-corrected chi connectivity index (χ2v) is 11.8. The Labute approximate surface area is 154 Å². The van der Waals surface area contributed by atoms with Gasteiger partial charge in [0, 0.05) is 13.5 Å². The number of nitrogens with one attached hydrogen (secondary N) is 1. The van der Waals surface area contributed by atoms with E-state index in [2.05, 4.69) is 43.7 Å². The molecule has 2 heterocycles. The molecule has 0 saturated heterocycles. The maximum absolute atomic E-state index is 4.94. The van der Waals surface area contributed by atoms with Gasteiger partial charge in [-0.1, -0.05) is 47.0 Å². The summed E-state index contributed by atoms with van der Waals surface area (Å²) in [6, 6.07) is 4.11. The highest BCUT2D eigenvalue weighted by molar-refractivity contribution is 7.76. The second kappa shape index (κ2) is 10.3. The largest absolute Gasteiger partial charge is 0.337 e. The molecule has 1 unspecified atom stereocenters. The fourth-order valence-electron chi connectivity index (χ4n) is 4.08. The van der Waals surface area contributed by atoms with Crippen molar-refractivity contribution in [3.63, 3.8) is 0 Å².